The highest BCUT2D eigenvalue weighted by molar-refractivity contribution is 5.70. The maximum atomic E-state index is 10.3. The van der Waals surface area contributed by atoms with E-state index in [-0.39, 0.29) is 0 Å². The van der Waals surface area contributed by atoms with E-state index in [9.17, 15) is 5.11 Å². The lowest BCUT2D eigenvalue weighted by molar-refractivity contribution is 0.174. The fourth-order valence-corrected chi connectivity index (χ4v) is 3.26. The van der Waals surface area contributed by atoms with Gasteiger partial charge in [-0.15, -0.1) is 0 Å². The lowest BCUT2D eigenvalue weighted by Gasteiger charge is -2.36. The van der Waals surface area contributed by atoms with Crippen LogP contribution in [-0.2, 0) is 6.42 Å². The molecular weight excluding hydrogens is 258 g/mol. The number of benzene rings is 2. The molecule has 0 saturated heterocycles. The number of rotatable bonds is 3. The summed E-state index contributed by atoms with van der Waals surface area (Å²) < 4.78 is 0. The molecule has 1 heterocycles. The molecule has 2 heteroatoms. The van der Waals surface area contributed by atoms with Gasteiger partial charge < -0.3 is 10.0 Å². The SMILES string of the molecule is CCC(O)c1ccccc1N1CC(C)Cc2ccccc21. The summed E-state index contributed by atoms with van der Waals surface area (Å²) in [7, 11) is 0. The van der Waals surface area contributed by atoms with Gasteiger partial charge in [0.2, 0.25) is 0 Å². The summed E-state index contributed by atoms with van der Waals surface area (Å²) in [5.74, 6) is 0.617. The van der Waals surface area contributed by atoms with Crippen molar-refractivity contribution in [2.24, 2.45) is 5.92 Å². The molecule has 0 bridgehead atoms. The molecule has 0 aliphatic carbocycles. The number of anilines is 2. The van der Waals surface area contributed by atoms with Crippen molar-refractivity contribution in [3.63, 3.8) is 0 Å². The van der Waals surface area contributed by atoms with Gasteiger partial charge in [0.1, 0.15) is 0 Å². The predicted molar refractivity (Wildman–Crippen MR) is 88.0 cm³/mol. The van der Waals surface area contributed by atoms with Crippen molar-refractivity contribution in [1.29, 1.82) is 0 Å². The second-order valence-corrected chi connectivity index (χ2v) is 6.03. The van der Waals surface area contributed by atoms with Gasteiger partial charge in [-0.25, -0.2) is 0 Å². The molecule has 0 radical (unpaired) electrons. The van der Waals surface area contributed by atoms with Crippen LogP contribution in [0.4, 0.5) is 11.4 Å². The lowest BCUT2D eigenvalue weighted by Crippen LogP contribution is -2.31. The highest BCUT2D eigenvalue weighted by Crippen LogP contribution is 2.38. The zero-order valence-electron chi connectivity index (χ0n) is 12.8. The number of aliphatic hydroxyl groups is 1. The molecule has 1 aliphatic heterocycles. The molecule has 1 aliphatic rings. The third kappa shape index (κ3) is 2.68. The molecule has 2 aromatic rings. The van der Waals surface area contributed by atoms with Gasteiger partial charge in [-0.1, -0.05) is 50.2 Å². The van der Waals surface area contributed by atoms with Crippen LogP contribution in [-0.4, -0.2) is 11.7 Å². The summed E-state index contributed by atoms with van der Waals surface area (Å²) >= 11 is 0. The van der Waals surface area contributed by atoms with Gasteiger partial charge in [0.25, 0.3) is 0 Å². The van der Waals surface area contributed by atoms with Gasteiger partial charge >= 0.3 is 0 Å². The Balaban J connectivity index is 2.09. The molecule has 0 saturated carbocycles. The van der Waals surface area contributed by atoms with E-state index in [1.54, 1.807) is 0 Å². The van der Waals surface area contributed by atoms with Gasteiger partial charge in [0.05, 0.1) is 6.10 Å². The third-order valence-electron chi connectivity index (χ3n) is 4.32. The molecule has 0 aromatic heterocycles. The zero-order chi connectivity index (χ0) is 14.8. The minimum atomic E-state index is -0.398. The van der Waals surface area contributed by atoms with Gasteiger partial charge in [-0.2, -0.15) is 0 Å². The highest BCUT2D eigenvalue weighted by Gasteiger charge is 2.25. The van der Waals surface area contributed by atoms with Crippen molar-refractivity contribution in [2.45, 2.75) is 32.8 Å². The quantitative estimate of drug-likeness (QED) is 0.898. The van der Waals surface area contributed by atoms with Crippen molar-refractivity contribution in [2.75, 3.05) is 11.4 Å². The number of hydrogen-bond donors (Lipinski definition) is 1. The minimum Gasteiger partial charge on any atom is -0.388 e. The topological polar surface area (TPSA) is 23.5 Å². The number of aliphatic hydroxyl groups excluding tert-OH is 1. The van der Waals surface area contributed by atoms with Crippen molar-refractivity contribution in [1.82, 2.24) is 0 Å². The fraction of sp³-hybridized carbons (Fsp3) is 0.368. The van der Waals surface area contributed by atoms with Gasteiger partial charge in [0, 0.05) is 23.5 Å². The molecular formula is C19H23NO. The summed E-state index contributed by atoms with van der Waals surface area (Å²) in [6.07, 6.45) is 1.47. The van der Waals surface area contributed by atoms with Crippen molar-refractivity contribution < 1.29 is 5.11 Å². The van der Waals surface area contributed by atoms with Crippen molar-refractivity contribution in [3.05, 3.63) is 59.7 Å². The number of hydrogen-bond acceptors (Lipinski definition) is 2. The molecule has 0 amide bonds. The van der Waals surface area contributed by atoms with Crippen LogP contribution < -0.4 is 4.90 Å². The Morgan fingerprint density at radius 3 is 2.52 bits per heavy atom. The van der Waals surface area contributed by atoms with Crippen LogP contribution in [0, 0.1) is 5.92 Å². The lowest BCUT2D eigenvalue weighted by atomic mass is 9.92. The average Bonchev–Trinajstić information content (AvgIpc) is 2.53. The molecule has 2 aromatic carbocycles. The smallest absolute Gasteiger partial charge is 0.0807 e. The summed E-state index contributed by atoms with van der Waals surface area (Å²) in [4.78, 5) is 2.37. The Hall–Kier alpha value is -1.80. The van der Waals surface area contributed by atoms with Crippen LogP contribution >= 0.6 is 0 Å². The van der Waals surface area contributed by atoms with Crippen LogP contribution in [0.3, 0.4) is 0 Å². The molecule has 21 heavy (non-hydrogen) atoms. The molecule has 110 valence electrons. The van der Waals surface area contributed by atoms with E-state index < -0.39 is 6.10 Å². The predicted octanol–water partition coefficient (Wildman–Crippen LogP) is 4.46. The first kappa shape index (κ1) is 14.2. The normalized spacial score (nSPS) is 19.2. The Morgan fingerprint density at radius 2 is 1.76 bits per heavy atom. The Bertz CT molecular complexity index is 622. The maximum Gasteiger partial charge on any atom is 0.0807 e. The first-order valence-electron chi connectivity index (χ1n) is 7.83. The molecule has 2 unspecified atom stereocenters. The van der Waals surface area contributed by atoms with E-state index in [1.165, 1.54) is 11.3 Å². The average molecular weight is 281 g/mol. The monoisotopic (exact) mass is 281 g/mol. The van der Waals surface area contributed by atoms with E-state index in [0.29, 0.717) is 5.92 Å². The number of para-hydroxylation sites is 2. The van der Waals surface area contributed by atoms with Crippen LogP contribution in [0.5, 0.6) is 0 Å². The van der Waals surface area contributed by atoms with E-state index in [4.69, 9.17) is 0 Å². The van der Waals surface area contributed by atoms with E-state index in [1.807, 2.05) is 19.1 Å². The van der Waals surface area contributed by atoms with Crippen LogP contribution in [0.2, 0.25) is 0 Å². The summed E-state index contributed by atoms with van der Waals surface area (Å²) in [6, 6.07) is 16.9. The van der Waals surface area contributed by atoms with Crippen molar-refractivity contribution in [3.8, 4) is 0 Å². The standard InChI is InChI=1S/C19H23NO/c1-3-19(21)16-9-5-7-11-18(16)20-13-14(2)12-15-8-4-6-10-17(15)20/h4-11,14,19,21H,3,12-13H2,1-2H3. The molecule has 0 spiro atoms. The molecule has 1 N–H and O–H groups in total. The summed E-state index contributed by atoms with van der Waals surface area (Å²) in [5.41, 5.74) is 4.86. The third-order valence-corrected chi connectivity index (χ3v) is 4.32. The van der Waals surface area contributed by atoms with Gasteiger partial charge in [-0.3, -0.25) is 0 Å². The van der Waals surface area contributed by atoms with Crippen LogP contribution in [0.25, 0.3) is 0 Å². The second kappa shape index (κ2) is 5.90. The van der Waals surface area contributed by atoms with Gasteiger partial charge in [-0.05, 0) is 36.5 Å². The number of nitrogens with zero attached hydrogens (tertiary/aromatic N) is 1. The number of fused-ring (bicyclic) bond motifs is 1. The largest absolute Gasteiger partial charge is 0.388 e. The Kier molecular flexibility index (Phi) is 3.98. The minimum absolute atomic E-state index is 0.398. The van der Waals surface area contributed by atoms with Crippen molar-refractivity contribution >= 4 is 11.4 Å². The van der Waals surface area contributed by atoms with Gasteiger partial charge in [0.15, 0.2) is 0 Å². The Labute approximate surface area is 127 Å². The van der Waals surface area contributed by atoms with Crippen LogP contribution in [0.15, 0.2) is 48.5 Å². The molecule has 3 rings (SSSR count). The second-order valence-electron chi connectivity index (χ2n) is 6.03. The summed E-state index contributed by atoms with van der Waals surface area (Å²) in [6.45, 7) is 5.32. The maximum absolute atomic E-state index is 10.3. The van der Waals surface area contributed by atoms with E-state index in [0.717, 1.165) is 30.6 Å². The highest BCUT2D eigenvalue weighted by atomic mass is 16.3. The Morgan fingerprint density at radius 1 is 1.10 bits per heavy atom. The molecule has 2 atom stereocenters. The van der Waals surface area contributed by atoms with E-state index in [2.05, 4.69) is 48.2 Å². The zero-order valence-corrected chi connectivity index (χ0v) is 12.8. The molecule has 2 nitrogen and oxygen atoms in total. The first-order chi connectivity index (χ1) is 10.2. The van der Waals surface area contributed by atoms with E-state index >= 15 is 0 Å². The fourth-order valence-electron chi connectivity index (χ4n) is 3.26. The molecule has 0 fully saturated rings. The van der Waals surface area contributed by atoms with Crippen LogP contribution in [0.1, 0.15) is 37.5 Å². The summed E-state index contributed by atoms with van der Waals surface area (Å²) in [5, 5.41) is 10.3. The first-order valence-corrected chi connectivity index (χ1v) is 7.83.